The minimum atomic E-state index is 0.0104. The third-order valence-corrected chi connectivity index (χ3v) is 5.28. The fraction of sp³-hybridized carbons (Fsp3) is 0.350. The Balaban J connectivity index is 1.78. The summed E-state index contributed by atoms with van der Waals surface area (Å²) in [5.41, 5.74) is 3.48. The van der Waals surface area contributed by atoms with Crippen molar-refractivity contribution < 1.29 is 9.90 Å². The number of H-pyrrole nitrogens is 1. The Morgan fingerprint density at radius 3 is 2.70 bits per heavy atom. The Morgan fingerprint density at radius 2 is 2.04 bits per heavy atom. The van der Waals surface area contributed by atoms with Gasteiger partial charge < -0.3 is 14.9 Å². The summed E-state index contributed by atoms with van der Waals surface area (Å²) in [7, 11) is 4.10. The zero-order valence-corrected chi connectivity index (χ0v) is 15.7. The predicted octanol–water partition coefficient (Wildman–Crippen LogP) is 2.42. The zero-order valence-electron chi connectivity index (χ0n) is 15.7. The Hall–Kier alpha value is -2.93. The second-order valence-corrected chi connectivity index (χ2v) is 7.31. The molecule has 2 N–H and O–H groups in total. The number of rotatable bonds is 3. The van der Waals surface area contributed by atoms with Crippen molar-refractivity contribution in [3.05, 3.63) is 41.6 Å². The van der Waals surface area contributed by atoms with Gasteiger partial charge in [0, 0.05) is 30.4 Å². The molecule has 1 aromatic carbocycles. The van der Waals surface area contributed by atoms with Crippen molar-refractivity contribution in [3.8, 4) is 17.0 Å². The Bertz CT molecular complexity index is 994. The van der Waals surface area contributed by atoms with Crippen LogP contribution in [0.25, 0.3) is 22.3 Å². The fourth-order valence-electron chi connectivity index (χ4n) is 3.64. The van der Waals surface area contributed by atoms with Crippen LogP contribution in [0.4, 0.5) is 0 Å². The number of aromatic hydroxyl groups is 1. The Morgan fingerprint density at radius 1 is 1.30 bits per heavy atom. The molecule has 3 heterocycles. The molecule has 0 aliphatic carbocycles. The van der Waals surface area contributed by atoms with Gasteiger partial charge in [0.1, 0.15) is 5.75 Å². The first-order chi connectivity index (χ1) is 12.9. The lowest BCUT2D eigenvalue weighted by molar-refractivity contribution is 0.0785. The van der Waals surface area contributed by atoms with Crippen LogP contribution in [0.3, 0.4) is 0 Å². The van der Waals surface area contributed by atoms with E-state index in [0.29, 0.717) is 22.9 Å². The van der Waals surface area contributed by atoms with Crippen molar-refractivity contribution >= 4 is 16.9 Å². The summed E-state index contributed by atoms with van der Waals surface area (Å²) >= 11 is 0. The number of benzene rings is 1. The minimum absolute atomic E-state index is 0.0104. The van der Waals surface area contributed by atoms with Crippen molar-refractivity contribution in [1.82, 2.24) is 25.0 Å². The van der Waals surface area contributed by atoms with E-state index < -0.39 is 0 Å². The van der Waals surface area contributed by atoms with E-state index in [2.05, 4.69) is 20.1 Å². The summed E-state index contributed by atoms with van der Waals surface area (Å²) in [5, 5.41) is 17.5. The van der Waals surface area contributed by atoms with Gasteiger partial charge in [0.25, 0.3) is 5.91 Å². The molecule has 0 radical (unpaired) electrons. The molecule has 3 aromatic rings. The second-order valence-electron chi connectivity index (χ2n) is 7.31. The number of nitrogens with one attached hydrogen (secondary N) is 1. The summed E-state index contributed by atoms with van der Waals surface area (Å²) in [6.45, 7) is 3.37. The second kappa shape index (κ2) is 6.66. The number of hydrogen-bond donors (Lipinski definition) is 2. The smallest absolute Gasteiger partial charge is 0.254 e. The van der Waals surface area contributed by atoms with Crippen LogP contribution in [0.1, 0.15) is 22.5 Å². The number of carbonyl (C=O) groups excluding carboxylic acids is 1. The number of carbonyl (C=O) groups is 1. The predicted molar refractivity (Wildman–Crippen MR) is 104 cm³/mol. The van der Waals surface area contributed by atoms with Gasteiger partial charge in [0.2, 0.25) is 0 Å². The summed E-state index contributed by atoms with van der Waals surface area (Å²) < 4.78 is 0. The maximum atomic E-state index is 13.3. The average molecular weight is 365 g/mol. The highest BCUT2D eigenvalue weighted by Gasteiger charge is 2.30. The van der Waals surface area contributed by atoms with E-state index >= 15 is 0 Å². The number of amides is 1. The molecule has 0 spiro atoms. The number of pyridine rings is 1. The van der Waals surface area contributed by atoms with Gasteiger partial charge in [-0.25, -0.2) is 4.98 Å². The van der Waals surface area contributed by atoms with Crippen LogP contribution in [0.2, 0.25) is 0 Å². The lowest BCUT2D eigenvalue weighted by Crippen LogP contribution is -2.34. The third-order valence-electron chi connectivity index (χ3n) is 5.28. The maximum Gasteiger partial charge on any atom is 0.254 e. The highest BCUT2D eigenvalue weighted by molar-refractivity contribution is 6.07. The highest BCUT2D eigenvalue weighted by Crippen LogP contribution is 2.28. The quantitative estimate of drug-likeness (QED) is 0.744. The third kappa shape index (κ3) is 3.14. The van der Waals surface area contributed by atoms with Gasteiger partial charge in [-0.1, -0.05) is 0 Å². The highest BCUT2D eigenvalue weighted by atomic mass is 16.3. The molecule has 2 aromatic heterocycles. The van der Waals surface area contributed by atoms with E-state index in [0.717, 1.165) is 36.2 Å². The van der Waals surface area contributed by atoms with Crippen molar-refractivity contribution in [2.45, 2.75) is 19.4 Å². The van der Waals surface area contributed by atoms with E-state index in [1.165, 1.54) is 0 Å². The number of hydrogen-bond acceptors (Lipinski definition) is 5. The number of fused-ring (bicyclic) bond motifs is 1. The van der Waals surface area contributed by atoms with Crippen molar-refractivity contribution in [2.75, 3.05) is 27.2 Å². The molecule has 140 valence electrons. The van der Waals surface area contributed by atoms with Gasteiger partial charge in [0.15, 0.2) is 5.65 Å². The molecule has 1 aliphatic rings. The van der Waals surface area contributed by atoms with E-state index in [9.17, 15) is 9.90 Å². The van der Waals surface area contributed by atoms with Crippen molar-refractivity contribution in [2.24, 2.45) is 0 Å². The summed E-state index contributed by atoms with van der Waals surface area (Å²) in [6, 6.07) is 9.02. The van der Waals surface area contributed by atoms with E-state index in [1.807, 2.05) is 32.0 Å². The largest absolute Gasteiger partial charge is 0.508 e. The molecule has 1 fully saturated rings. The molecule has 0 unspecified atom stereocenters. The van der Waals surface area contributed by atoms with E-state index in [4.69, 9.17) is 0 Å². The van der Waals surface area contributed by atoms with Crippen molar-refractivity contribution in [1.29, 1.82) is 0 Å². The van der Waals surface area contributed by atoms with Gasteiger partial charge in [-0.3, -0.25) is 9.89 Å². The molecular formula is C20H23N5O2. The number of likely N-dealkylation sites (N-methyl/N-ethyl adjacent to an activating group) is 1. The summed E-state index contributed by atoms with van der Waals surface area (Å²) in [5.74, 6) is 0.204. The first kappa shape index (κ1) is 17.5. The van der Waals surface area contributed by atoms with Crippen LogP contribution < -0.4 is 0 Å². The number of nitrogens with zero attached hydrogens (tertiary/aromatic N) is 4. The zero-order chi connectivity index (χ0) is 19.1. The lowest BCUT2D eigenvalue weighted by atomic mass is 10.0. The summed E-state index contributed by atoms with van der Waals surface area (Å²) in [4.78, 5) is 22.0. The lowest BCUT2D eigenvalue weighted by Gasteiger charge is -2.21. The SMILES string of the molecule is Cc1[nH]nc2nc(-c3ccc(O)cc3)cc(C(=O)N3CC[C@H](N(C)C)C3)c12. The standard InChI is InChI=1S/C20H23N5O2/c1-12-18-16(20(27)25-9-8-14(11-25)24(2)3)10-17(21-19(18)23-22-12)13-4-6-15(26)7-5-13/h4-7,10,14,26H,8-9,11H2,1-3H3,(H,21,22,23)/t14-/m0/s1. The molecule has 0 bridgehead atoms. The Labute approximate surface area is 157 Å². The fourth-order valence-corrected chi connectivity index (χ4v) is 3.64. The molecule has 1 saturated heterocycles. The number of likely N-dealkylation sites (tertiary alicyclic amines) is 1. The number of aryl methyl sites for hydroxylation is 1. The van der Waals surface area contributed by atoms with Gasteiger partial charge in [-0.15, -0.1) is 0 Å². The molecule has 1 amide bonds. The van der Waals surface area contributed by atoms with Crippen LogP contribution in [-0.4, -0.2) is 69.2 Å². The number of phenolic OH excluding ortho intramolecular Hbond substituents is 1. The topological polar surface area (TPSA) is 85.3 Å². The van der Waals surface area contributed by atoms with Gasteiger partial charge in [-0.2, -0.15) is 5.10 Å². The summed E-state index contributed by atoms with van der Waals surface area (Å²) in [6.07, 6.45) is 0.974. The van der Waals surface area contributed by atoms with Gasteiger partial charge >= 0.3 is 0 Å². The monoisotopic (exact) mass is 365 g/mol. The van der Waals surface area contributed by atoms with Gasteiger partial charge in [-0.05, 0) is 57.8 Å². The van der Waals surface area contributed by atoms with Crippen molar-refractivity contribution in [3.63, 3.8) is 0 Å². The first-order valence-corrected chi connectivity index (χ1v) is 9.05. The molecule has 27 heavy (non-hydrogen) atoms. The van der Waals surface area contributed by atoms with Crippen LogP contribution in [0.15, 0.2) is 30.3 Å². The van der Waals surface area contributed by atoms with Crippen LogP contribution in [0.5, 0.6) is 5.75 Å². The normalized spacial score (nSPS) is 17.2. The van der Waals surface area contributed by atoms with Crippen LogP contribution >= 0.6 is 0 Å². The van der Waals surface area contributed by atoms with E-state index in [1.54, 1.807) is 24.3 Å². The van der Waals surface area contributed by atoms with E-state index in [-0.39, 0.29) is 11.7 Å². The molecular weight excluding hydrogens is 342 g/mol. The van der Waals surface area contributed by atoms with Crippen LogP contribution in [0, 0.1) is 6.92 Å². The Kier molecular flexibility index (Phi) is 4.31. The maximum absolute atomic E-state index is 13.3. The van der Waals surface area contributed by atoms with Gasteiger partial charge in [0.05, 0.1) is 16.6 Å². The minimum Gasteiger partial charge on any atom is -0.508 e. The molecule has 7 heteroatoms. The number of phenols is 1. The number of aromatic amines is 1. The first-order valence-electron chi connectivity index (χ1n) is 9.05. The molecule has 7 nitrogen and oxygen atoms in total. The molecule has 4 rings (SSSR count). The molecule has 1 aliphatic heterocycles. The molecule has 0 saturated carbocycles. The average Bonchev–Trinajstić information content (AvgIpc) is 3.29. The molecule has 1 atom stereocenters. The van der Waals surface area contributed by atoms with Crippen LogP contribution in [-0.2, 0) is 0 Å². The number of aromatic nitrogens is 3.